The van der Waals surface area contributed by atoms with Gasteiger partial charge in [-0.15, -0.1) is 0 Å². The van der Waals surface area contributed by atoms with Gasteiger partial charge in [-0.2, -0.15) is 0 Å². The average molecular weight is 286 g/mol. The molecule has 0 aliphatic carbocycles. The van der Waals surface area contributed by atoms with Crippen LogP contribution < -0.4 is 0 Å². The second-order valence-electron chi connectivity index (χ2n) is 6.90. The number of rotatable bonds is 6. The summed E-state index contributed by atoms with van der Waals surface area (Å²) in [5.74, 6) is 0. The van der Waals surface area contributed by atoms with Crippen molar-refractivity contribution in [1.29, 1.82) is 0 Å². The van der Waals surface area contributed by atoms with Crippen molar-refractivity contribution in [2.45, 2.75) is 64.3 Å². The van der Waals surface area contributed by atoms with Crippen LogP contribution in [0.2, 0.25) is 18.1 Å². The molecule has 4 heteroatoms. The quantitative estimate of drug-likeness (QED) is 0.600. The second-order valence-corrected chi connectivity index (χ2v) is 11.7. The van der Waals surface area contributed by atoms with E-state index in [4.69, 9.17) is 9.16 Å². The molecule has 112 valence electrons. The van der Waals surface area contributed by atoms with Gasteiger partial charge in [0.15, 0.2) is 8.32 Å². The molecule has 1 aliphatic rings. The van der Waals surface area contributed by atoms with Gasteiger partial charge in [-0.05, 0) is 37.4 Å². The van der Waals surface area contributed by atoms with E-state index < -0.39 is 8.32 Å². The van der Waals surface area contributed by atoms with Gasteiger partial charge in [0.1, 0.15) is 0 Å². The molecule has 0 saturated carbocycles. The van der Waals surface area contributed by atoms with Crippen LogP contribution in [0.25, 0.3) is 0 Å². The van der Waals surface area contributed by atoms with E-state index in [9.17, 15) is 5.11 Å². The zero-order valence-electron chi connectivity index (χ0n) is 13.2. The number of hydrogen-bond acceptors (Lipinski definition) is 3. The Morgan fingerprint density at radius 1 is 1.42 bits per heavy atom. The van der Waals surface area contributed by atoms with Crippen LogP contribution in [0.4, 0.5) is 0 Å². The molecule has 19 heavy (non-hydrogen) atoms. The minimum absolute atomic E-state index is 0.148. The van der Waals surface area contributed by atoms with Gasteiger partial charge < -0.3 is 14.3 Å². The lowest BCUT2D eigenvalue weighted by Crippen LogP contribution is -2.44. The third-order valence-electron chi connectivity index (χ3n) is 4.27. The highest BCUT2D eigenvalue weighted by atomic mass is 28.4. The minimum atomic E-state index is -1.76. The molecule has 3 nitrogen and oxygen atoms in total. The Labute approximate surface area is 119 Å². The molecule has 0 aromatic carbocycles. The maximum absolute atomic E-state index is 9.26. The highest BCUT2D eigenvalue weighted by molar-refractivity contribution is 6.74. The number of aliphatic hydroxyl groups excluding tert-OH is 1. The molecule has 0 aromatic rings. The highest BCUT2D eigenvalue weighted by Crippen LogP contribution is 2.38. The van der Waals surface area contributed by atoms with E-state index in [2.05, 4.69) is 39.9 Å². The summed E-state index contributed by atoms with van der Waals surface area (Å²) in [5.41, 5.74) is 1.42. The van der Waals surface area contributed by atoms with Crippen molar-refractivity contribution in [1.82, 2.24) is 0 Å². The van der Waals surface area contributed by atoms with Crippen molar-refractivity contribution in [2.24, 2.45) is 0 Å². The topological polar surface area (TPSA) is 38.7 Å². The molecule has 0 amide bonds. The van der Waals surface area contributed by atoms with Crippen molar-refractivity contribution < 1.29 is 14.3 Å². The second kappa shape index (κ2) is 7.02. The smallest absolute Gasteiger partial charge is 0.192 e. The standard InChI is InChI=1S/C15H30O3Si/c1-15(2,3)19(4,5)18-14(6-9-16)12-13-7-10-17-11-8-13/h7,14,16H,6,8-12H2,1-5H3/t14-/m0/s1. The Bertz CT molecular complexity index is 305. The molecule has 0 aromatic heterocycles. The Morgan fingerprint density at radius 3 is 2.58 bits per heavy atom. The summed E-state index contributed by atoms with van der Waals surface area (Å²) < 4.78 is 11.8. The van der Waals surface area contributed by atoms with Crippen LogP contribution in [0.15, 0.2) is 11.6 Å². The fourth-order valence-corrected chi connectivity index (χ4v) is 3.37. The van der Waals surface area contributed by atoms with Crippen LogP contribution in [-0.4, -0.2) is 39.3 Å². The van der Waals surface area contributed by atoms with Gasteiger partial charge in [-0.25, -0.2) is 0 Å². The summed E-state index contributed by atoms with van der Waals surface area (Å²) in [6.45, 7) is 13.0. The summed E-state index contributed by atoms with van der Waals surface area (Å²) in [7, 11) is -1.76. The maximum Gasteiger partial charge on any atom is 0.192 e. The molecule has 0 fully saturated rings. The number of ether oxygens (including phenoxy) is 1. The molecule has 0 unspecified atom stereocenters. The normalized spacial score (nSPS) is 19.2. The number of hydrogen-bond donors (Lipinski definition) is 1. The minimum Gasteiger partial charge on any atom is -0.414 e. The van der Waals surface area contributed by atoms with E-state index in [0.29, 0.717) is 0 Å². The van der Waals surface area contributed by atoms with Crippen LogP contribution in [-0.2, 0) is 9.16 Å². The summed E-state index contributed by atoms with van der Waals surface area (Å²) in [6, 6.07) is 0. The zero-order chi connectivity index (χ0) is 14.5. The first-order valence-corrected chi connectivity index (χ1v) is 10.2. The predicted octanol–water partition coefficient (Wildman–Crippen LogP) is 3.50. The van der Waals surface area contributed by atoms with Gasteiger partial charge in [-0.3, -0.25) is 0 Å². The third-order valence-corrected chi connectivity index (χ3v) is 8.80. The molecule has 1 aliphatic heterocycles. The highest BCUT2D eigenvalue weighted by Gasteiger charge is 2.39. The zero-order valence-corrected chi connectivity index (χ0v) is 14.2. The van der Waals surface area contributed by atoms with Crippen molar-refractivity contribution in [3.05, 3.63) is 11.6 Å². The van der Waals surface area contributed by atoms with E-state index in [1.165, 1.54) is 5.57 Å². The van der Waals surface area contributed by atoms with Gasteiger partial charge in [0.05, 0.1) is 19.3 Å². The molecule has 0 saturated heterocycles. The van der Waals surface area contributed by atoms with Crippen molar-refractivity contribution >= 4 is 8.32 Å². The molecule has 0 radical (unpaired) electrons. The SMILES string of the molecule is CC(C)(C)[Si](C)(C)O[C@@H](CCO)CC1=CCOCC1. The Hall–Kier alpha value is -0.163. The fourth-order valence-electron chi connectivity index (χ4n) is 1.98. The monoisotopic (exact) mass is 286 g/mol. The fraction of sp³-hybridized carbons (Fsp3) is 0.867. The summed E-state index contributed by atoms with van der Waals surface area (Å²) in [6.07, 6.45) is 4.99. The Morgan fingerprint density at radius 2 is 2.11 bits per heavy atom. The van der Waals surface area contributed by atoms with Crippen LogP contribution in [0.5, 0.6) is 0 Å². The van der Waals surface area contributed by atoms with Crippen LogP contribution in [0.1, 0.15) is 40.0 Å². The third kappa shape index (κ3) is 5.38. The largest absolute Gasteiger partial charge is 0.414 e. The van der Waals surface area contributed by atoms with Gasteiger partial charge in [0, 0.05) is 6.61 Å². The predicted molar refractivity (Wildman–Crippen MR) is 81.9 cm³/mol. The lowest BCUT2D eigenvalue weighted by molar-refractivity contribution is 0.127. The summed E-state index contributed by atoms with van der Waals surface area (Å²) >= 11 is 0. The summed E-state index contributed by atoms with van der Waals surface area (Å²) in [4.78, 5) is 0. The molecule has 0 bridgehead atoms. The van der Waals surface area contributed by atoms with E-state index in [1.807, 2.05) is 0 Å². The maximum atomic E-state index is 9.26. The molecule has 1 atom stereocenters. The first-order valence-electron chi connectivity index (χ1n) is 7.30. The Kier molecular flexibility index (Phi) is 6.24. The Balaban J connectivity index is 2.64. The van der Waals surface area contributed by atoms with Gasteiger partial charge in [0.25, 0.3) is 0 Å². The molecular formula is C15H30O3Si. The van der Waals surface area contributed by atoms with Crippen LogP contribution in [0.3, 0.4) is 0 Å². The lowest BCUT2D eigenvalue weighted by atomic mass is 10.0. The molecule has 0 spiro atoms. The van der Waals surface area contributed by atoms with Crippen LogP contribution in [0, 0.1) is 0 Å². The first-order chi connectivity index (χ1) is 8.76. The average Bonchev–Trinajstić information content (AvgIpc) is 2.28. The molecule has 1 N–H and O–H groups in total. The van der Waals surface area contributed by atoms with E-state index in [1.54, 1.807) is 0 Å². The van der Waals surface area contributed by atoms with Crippen molar-refractivity contribution in [3.63, 3.8) is 0 Å². The van der Waals surface area contributed by atoms with Crippen molar-refractivity contribution in [2.75, 3.05) is 19.8 Å². The van der Waals surface area contributed by atoms with E-state index >= 15 is 0 Å². The van der Waals surface area contributed by atoms with E-state index in [0.717, 1.165) is 32.5 Å². The molecule has 1 heterocycles. The summed E-state index contributed by atoms with van der Waals surface area (Å²) in [5, 5.41) is 9.47. The van der Waals surface area contributed by atoms with Gasteiger partial charge >= 0.3 is 0 Å². The van der Waals surface area contributed by atoms with Crippen molar-refractivity contribution in [3.8, 4) is 0 Å². The number of aliphatic hydroxyl groups is 1. The van der Waals surface area contributed by atoms with Crippen LogP contribution >= 0.6 is 0 Å². The lowest BCUT2D eigenvalue weighted by Gasteiger charge is -2.39. The van der Waals surface area contributed by atoms with Gasteiger partial charge in [-0.1, -0.05) is 32.4 Å². The van der Waals surface area contributed by atoms with Gasteiger partial charge in [0.2, 0.25) is 0 Å². The molecular weight excluding hydrogens is 256 g/mol. The molecule has 1 rings (SSSR count). The van der Waals surface area contributed by atoms with E-state index in [-0.39, 0.29) is 17.7 Å². The first kappa shape index (κ1) is 16.9.